The van der Waals surface area contributed by atoms with E-state index in [1.165, 1.54) is 12.1 Å². The van der Waals surface area contributed by atoms with E-state index in [4.69, 9.17) is 0 Å². The lowest BCUT2D eigenvalue weighted by Gasteiger charge is -2.22. The van der Waals surface area contributed by atoms with Crippen LogP contribution in [-0.4, -0.2) is 33.2 Å². The third-order valence-corrected chi connectivity index (χ3v) is 6.12. The van der Waals surface area contributed by atoms with Crippen molar-refractivity contribution in [1.29, 1.82) is 0 Å². The lowest BCUT2D eigenvalue weighted by molar-refractivity contribution is -0.115. The van der Waals surface area contributed by atoms with Gasteiger partial charge in [-0.15, -0.1) is 0 Å². The fourth-order valence-corrected chi connectivity index (χ4v) is 4.01. The maximum absolute atomic E-state index is 12.9. The molecule has 146 valence electrons. The summed E-state index contributed by atoms with van der Waals surface area (Å²) in [5.41, 5.74) is 2.65. The highest BCUT2D eigenvalue weighted by Crippen LogP contribution is 2.23. The van der Waals surface area contributed by atoms with Gasteiger partial charge in [-0.05, 0) is 68.8 Å². The number of carbonyl (C=O) groups is 1. The number of halogens is 1. The minimum Gasteiger partial charge on any atom is -0.372 e. The summed E-state index contributed by atoms with van der Waals surface area (Å²) in [7, 11) is -3.63. The Kier molecular flexibility index (Phi) is 6.96. The molecule has 0 atom stereocenters. The van der Waals surface area contributed by atoms with Crippen LogP contribution in [0.4, 0.5) is 15.8 Å². The molecule has 0 radical (unpaired) electrons. The van der Waals surface area contributed by atoms with Crippen LogP contribution in [0.1, 0.15) is 25.8 Å². The summed E-state index contributed by atoms with van der Waals surface area (Å²) in [6, 6.07) is 10.4. The molecule has 2 aromatic carbocycles. The fourth-order valence-electron chi connectivity index (χ4n) is 2.77. The van der Waals surface area contributed by atoms with E-state index in [2.05, 4.69) is 24.1 Å². The van der Waals surface area contributed by atoms with E-state index in [1.807, 2.05) is 25.1 Å². The molecule has 0 spiro atoms. The number of hydrogen-bond donors (Lipinski definition) is 1. The van der Waals surface area contributed by atoms with Gasteiger partial charge in [-0.3, -0.25) is 4.79 Å². The molecule has 5 nitrogen and oxygen atoms in total. The zero-order chi connectivity index (χ0) is 20.0. The molecule has 1 N–H and O–H groups in total. The van der Waals surface area contributed by atoms with Gasteiger partial charge in [0.05, 0.1) is 10.6 Å². The number of anilines is 2. The zero-order valence-electron chi connectivity index (χ0n) is 15.8. The average molecular weight is 392 g/mol. The van der Waals surface area contributed by atoms with Crippen LogP contribution in [0.5, 0.6) is 0 Å². The molecule has 0 aliphatic rings. The Balaban J connectivity index is 2.00. The predicted molar refractivity (Wildman–Crippen MR) is 106 cm³/mol. The third-order valence-electron chi connectivity index (χ3n) is 4.38. The minimum atomic E-state index is -3.63. The molecule has 0 aromatic heterocycles. The fraction of sp³-hybridized carbons (Fsp3) is 0.350. The number of nitrogens with one attached hydrogen (secondary N) is 1. The largest absolute Gasteiger partial charge is 0.372 e. The van der Waals surface area contributed by atoms with Crippen molar-refractivity contribution >= 4 is 27.1 Å². The quantitative estimate of drug-likeness (QED) is 0.694. The molecule has 0 aliphatic carbocycles. The first kappa shape index (κ1) is 20.9. The number of sulfone groups is 1. The lowest BCUT2D eigenvalue weighted by atomic mass is 10.1. The van der Waals surface area contributed by atoms with Crippen LogP contribution < -0.4 is 10.2 Å². The summed E-state index contributed by atoms with van der Waals surface area (Å²) in [6.07, 6.45) is -0.170. The molecule has 1 amide bonds. The van der Waals surface area contributed by atoms with Gasteiger partial charge in [0.25, 0.3) is 0 Å². The molecule has 7 heteroatoms. The molecule has 0 bridgehead atoms. The number of benzene rings is 2. The standard InChI is InChI=1S/C20H25FN2O3S/c1-4-23(5-2)17-8-11-19(15(3)14-17)22-20(24)12-13-27(25,26)18-9-6-16(21)7-10-18/h6-11,14H,4-5,12-13H2,1-3H3,(H,22,24). The first-order valence-electron chi connectivity index (χ1n) is 8.90. The van der Waals surface area contributed by atoms with Gasteiger partial charge in [0.1, 0.15) is 5.82 Å². The van der Waals surface area contributed by atoms with Crippen LogP contribution in [0.15, 0.2) is 47.4 Å². The van der Waals surface area contributed by atoms with Crippen molar-refractivity contribution in [2.24, 2.45) is 0 Å². The Labute approximate surface area is 160 Å². The van der Waals surface area contributed by atoms with E-state index in [-0.39, 0.29) is 23.0 Å². The van der Waals surface area contributed by atoms with Gasteiger partial charge in [-0.1, -0.05) is 0 Å². The van der Waals surface area contributed by atoms with Crippen molar-refractivity contribution in [3.8, 4) is 0 Å². The van der Waals surface area contributed by atoms with E-state index in [0.29, 0.717) is 5.69 Å². The van der Waals surface area contributed by atoms with Crippen LogP contribution in [0.3, 0.4) is 0 Å². The van der Waals surface area contributed by atoms with Crippen molar-refractivity contribution in [2.75, 3.05) is 29.1 Å². The van der Waals surface area contributed by atoms with Crippen LogP contribution in [0, 0.1) is 12.7 Å². The Morgan fingerprint density at radius 1 is 1.07 bits per heavy atom. The van der Waals surface area contributed by atoms with Gasteiger partial charge >= 0.3 is 0 Å². The summed E-state index contributed by atoms with van der Waals surface area (Å²) in [6.45, 7) is 7.84. The molecular formula is C20H25FN2O3S. The van der Waals surface area contributed by atoms with Gasteiger partial charge in [0.2, 0.25) is 5.91 Å². The van der Waals surface area contributed by atoms with Gasteiger partial charge in [0.15, 0.2) is 9.84 Å². The van der Waals surface area contributed by atoms with Crippen molar-refractivity contribution < 1.29 is 17.6 Å². The van der Waals surface area contributed by atoms with Crippen molar-refractivity contribution in [2.45, 2.75) is 32.1 Å². The van der Waals surface area contributed by atoms with Crippen molar-refractivity contribution in [3.05, 3.63) is 53.8 Å². The second-order valence-corrected chi connectivity index (χ2v) is 8.35. The molecule has 2 aromatic rings. The number of hydrogen-bond acceptors (Lipinski definition) is 4. The Morgan fingerprint density at radius 2 is 1.70 bits per heavy atom. The van der Waals surface area contributed by atoms with Gasteiger partial charge < -0.3 is 10.2 Å². The van der Waals surface area contributed by atoms with Gasteiger partial charge in [-0.2, -0.15) is 0 Å². The molecule has 0 fully saturated rings. The maximum Gasteiger partial charge on any atom is 0.225 e. The van der Waals surface area contributed by atoms with Gasteiger partial charge in [0, 0.05) is 30.9 Å². The third kappa shape index (κ3) is 5.53. The number of rotatable bonds is 8. The highest BCUT2D eigenvalue weighted by molar-refractivity contribution is 7.91. The molecule has 0 saturated carbocycles. The zero-order valence-corrected chi connectivity index (χ0v) is 16.6. The molecule has 0 heterocycles. The summed E-state index contributed by atoms with van der Waals surface area (Å²) in [5.74, 6) is -1.21. The van der Waals surface area contributed by atoms with Crippen molar-refractivity contribution in [1.82, 2.24) is 0 Å². The van der Waals surface area contributed by atoms with Crippen LogP contribution >= 0.6 is 0 Å². The molecular weight excluding hydrogens is 367 g/mol. The first-order chi connectivity index (χ1) is 12.8. The highest BCUT2D eigenvalue weighted by atomic mass is 32.2. The van der Waals surface area contributed by atoms with E-state index >= 15 is 0 Å². The Bertz CT molecular complexity index is 892. The number of amides is 1. The number of nitrogens with zero attached hydrogens (tertiary/aromatic N) is 1. The van der Waals surface area contributed by atoms with E-state index < -0.39 is 15.7 Å². The summed E-state index contributed by atoms with van der Waals surface area (Å²) < 4.78 is 37.4. The maximum atomic E-state index is 12.9. The minimum absolute atomic E-state index is 0.0106. The number of aryl methyl sites for hydroxylation is 1. The first-order valence-corrected chi connectivity index (χ1v) is 10.6. The van der Waals surface area contributed by atoms with E-state index in [9.17, 15) is 17.6 Å². The molecule has 27 heavy (non-hydrogen) atoms. The Hall–Kier alpha value is -2.41. The van der Waals surface area contributed by atoms with Crippen LogP contribution in [0.25, 0.3) is 0 Å². The molecule has 2 rings (SSSR count). The molecule has 0 aliphatic heterocycles. The highest BCUT2D eigenvalue weighted by Gasteiger charge is 2.17. The normalized spacial score (nSPS) is 11.3. The average Bonchev–Trinajstić information content (AvgIpc) is 2.64. The lowest BCUT2D eigenvalue weighted by Crippen LogP contribution is -2.22. The number of carbonyl (C=O) groups excluding carboxylic acids is 1. The van der Waals surface area contributed by atoms with Gasteiger partial charge in [-0.25, -0.2) is 12.8 Å². The topological polar surface area (TPSA) is 66.5 Å². The van der Waals surface area contributed by atoms with Crippen LogP contribution in [-0.2, 0) is 14.6 Å². The molecule has 0 unspecified atom stereocenters. The second kappa shape index (κ2) is 8.99. The SMILES string of the molecule is CCN(CC)c1ccc(NC(=O)CCS(=O)(=O)c2ccc(F)cc2)c(C)c1. The summed E-state index contributed by atoms with van der Waals surface area (Å²) in [5, 5.41) is 2.76. The molecule has 0 saturated heterocycles. The van der Waals surface area contributed by atoms with Crippen molar-refractivity contribution in [3.63, 3.8) is 0 Å². The van der Waals surface area contributed by atoms with Crippen LogP contribution in [0.2, 0.25) is 0 Å². The monoisotopic (exact) mass is 392 g/mol. The van der Waals surface area contributed by atoms with E-state index in [0.717, 1.165) is 36.5 Å². The predicted octanol–water partition coefficient (Wildman–Crippen LogP) is 3.78. The summed E-state index contributed by atoms with van der Waals surface area (Å²) in [4.78, 5) is 14.4. The smallest absolute Gasteiger partial charge is 0.225 e. The summed E-state index contributed by atoms with van der Waals surface area (Å²) >= 11 is 0. The van der Waals surface area contributed by atoms with E-state index in [1.54, 1.807) is 0 Å². The Morgan fingerprint density at radius 3 is 2.26 bits per heavy atom. The second-order valence-electron chi connectivity index (χ2n) is 6.24.